The fraction of sp³-hybridized carbons (Fsp3) is 0.607. The number of ketones is 1. The van der Waals surface area contributed by atoms with E-state index in [9.17, 15) is 4.79 Å². The third-order valence-corrected chi connectivity index (χ3v) is 10.0. The molecule has 7 rings (SSSR count). The molecule has 1 aromatic heterocycles. The minimum absolute atomic E-state index is 0.0645. The van der Waals surface area contributed by atoms with Gasteiger partial charge in [-0.3, -0.25) is 9.69 Å². The molecule has 3 nitrogen and oxygen atoms in total. The van der Waals surface area contributed by atoms with Crippen LogP contribution in [0.2, 0.25) is 0 Å². The van der Waals surface area contributed by atoms with Crippen molar-refractivity contribution in [2.75, 3.05) is 26.3 Å². The van der Waals surface area contributed by atoms with Gasteiger partial charge in [-0.25, -0.2) is 0 Å². The number of Topliss-reactive ketones (excluding diaryl/α,β-unsaturated/α-hetero) is 1. The number of carbonyl (C=O) groups is 1. The smallest absolute Gasteiger partial charge is 0.139 e. The average molecular weight is 450 g/mol. The van der Waals surface area contributed by atoms with Crippen molar-refractivity contribution in [1.82, 2.24) is 4.90 Å². The van der Waals surface area contributed by atoms with E-state index in [2.05, 4.69) is 52.7 Å². The molecular weight excluding hydrogens is 414 g/mol. The van der Waals surface area contributed by atoms with Crippen LogP contribution in [-0.4, -0.2) is 37.0 Å². The third kappa shape index (κ3) is 3.69. The number of carbonyl (C=O) groups excluding carboxylic acids is 1. The fourth-order valence-electron chi connectivity index (χ4n) is 8.13. The van der Waals surface area contributed by atoms with Gasteiger partial charge in [0.2, 0.25) is 0 Å². The number of benzene rings is 1. The van der Waals surface area contributed by atoms with Gasteiger partial charge in [0, 0.05) is 35.8 Å². The quantitative estimate of drug-likeness (QED) is 0.518. The molecule has 0 N–H and O–H groups in total. The van der Waals surface area contributed by atoms with Crippen molar-refractivity contribution in [2.24, 2.45) is 17.3 Å². The maximum Gasteiger partial charge on any atom is 0.139 e. The van der Waals surface area contributed by atoms with Crippen LogP contribution in [0.3, 0.4) is 0 Å². The summed E-state index contributed by atoms with van der Waals surface area (Å²) < 4.78 is 5.61. The van der Waals surface area contributed by atoms with Crippen LogP contribution >= 0.6 is 11.3 Å². The first-order valence-electron chi connectivity index (χ1n) is 12.6. The molecule has 5 fully saturated rings. The predicted octanol–water partition coefficient (Wildman–Crippen LogP) is 6.01. The average Bonchev–Trinajstić information content (AvgIpc) is 3.34. The first-order chi connectivity index (χ1) is 15.7. The molecule has 4 bridgehead atoms. The molecule has 170 valence electrons. The molecule has 1 aliphatic heterocycles. The number of nitrogens with zero attached hydrogens (tertiary/aromatic N) is 1. The summed E-state index contributed by atoms with van der Waals surface area (Å²) in [5, 5.41) is 2.17. The second-order valence-corrected chi connectivity index (χ2v) is 12.0. The van der Waals surface area contributed by atoms with Crippen LogP contribution in [0.15, 0.2) is 47.8 Å². The molecule has 4 saturated carbocycles. The van der Waals surface area contributed by atoms with Crippen LogP contribution in [0.5, 0.6) is 0 Å². The fourth-order valence-corrected chi connectivity index (χ4v) is 9.02. The zero-order valence-electron chi connectivity index (χ0n) is 19.0. The van der Waals surface area contributed by atoms with E-state index in [0.29, 0.717) is 11.8 Å². The highest BCUT2D eigenvalue weighted by molar-refractivity contribution is 7.10. The lowest BCUT2D eigenvalue weighted by Gasteiger charge is -2.62. The van der Waals surface area contributed by atoms with Gasteiger partial charge in [-0.1, -0.05) is 36.4 Å². The second-order valence-electron chi connectivity index (χ2n) is 11.0. The molecule has 3 unspecified atom stereocenters. The van der Waals surface area contributed by atoms with Gasteiger partial charge < -0.3 is 4.74 Å². The van der Waals surface area contributed by atoms with Gasteiger partial charge in [0.1, 0.15) is 5.78 Å². The molecule has 4 heteroatoms. The first-order valence-corrected chi connectivity index (χ1v) is 13.5. The van der Waals surface area contributed by atoms with Gasteiger partial charge in [0.25, 0.3) is 0 Å². The largest absolute Gasteiger partial charge is 0.379 e. The van der Waals surface area contributed by atoms with Gasteiger partial charge in [0.15, 0.2) is 0 Å². The summed E-state index contributed by atoms with van der Waals surface area (Å²) in [5.74, 6) is 2.06. The summed E-state index contributed by atoms with van der Waals surface area (Å²) in [5.41, 5.74) is 1.68. The van der Waals surface area contributed by atoms with Crippen LogP contribution in [0.4, 0.5) is 0 Å². The Morgan fingerprint density at radius 3 is 2.47 bits per heavy atom. The van der Waals surface area contributed by atoms with E-state index in [1.54, 1.807) is 0 Å². The SMILES string of the molecule is O=C(CCC(c1cccs1)N1CCOCC1)C12CC3CC(C1)CC(c1ccccc1)(C3)C2. The van der Waals surface area contributed by atoms with E-state index in [1.165, 1.54) is 29.7 Å². The highest BCUT2D eigenvalue weighted by atomic mass is 32.1. The number of morpholine rings is 1. The Balaban J connectivity index is 1.22. The number of rotatable bonds is 7. The van der Waals surface area contributed by atoms with Crippen molar-refractivity contribution in [2.45, 2.75) is 62.8 Å². The van der Waals surface area contributed by atoms with E-state index >= 15 is 0 Å². The Labute approximate surface area is 196 Å². The lowest BCUT2D eigenvalue weighted by Crippen LogP contribution is -2.56. The van der Waals surface area contributed by atoms with Gasteiger partial charge in [0.05, 0.1) is 13.2 Å². The highest BCUT2D eigenvalue weighted by Crippen LogP contribution is 2.66. The van der Waals surface area contributed by atoms with E-state index in [4.69, 9.17) is 4.74 Å². The Morgan fingerprint density at radius 1 is 1.03 bits per heavy atom. The number of thiophene rings is 1. The summed E-state index contributed by atoms with van der Waals surface area (Å²) >= 11 is 1.84. The topological polar surface area (TPSA) is 29.5 Å². The summed E-state index contributed by atoms with van der Waals surface area (Å²) in [6, 6.07) is 15.9. The molecule has 5 aliphatic rings. The first kappa shape index (κ1) is 21.1. The summed E-state index contributed by atoms with van der Waals surface area (Å²) in [7, 11) is 0. The summed E-state index contributed by atoms with van der Waals surface area (Å²) in [4.78, 5) is 17.9. The number of hydrogen-bond donors (Lipinski definition) is 0. The van der Waals surface area contributed by atoms with Crippen molar-refractivity contribution in [3.05, 3.63) is 58.3 Å². The van der Waals surface area contributed by atoms with E-state index < -0.39 is 0 Å². The maximum atomic E-state index is 14.0. The molecular formula is C28H35NO2S. The highest BCUT2D eigenvalue weighted by Gasteiger charge is 2.60. The summed E-state index contributed by atoms with van der Waals surface area (Å²) in [6.07, 6.45) is 9.03. The lowest BCUT2D eigenvalue weighted by atomic mass is 9.42. The van der Waals surface area contributed by atoms with Crippen LogP contribution in [0, 0.1) is 17.3 Å². The molecule has 2 heterocycles. The van der Waals surface area contributed by atoms with E-state index in [-0.39, 0.29) is 10.8 Å². The van der Waals surface area contributed by atoms with Gasteiger partial charge in [-0.2, -0.15) is 0 Å². The Hall–Kier alpha value is -1.49. The molecule has 0 amide bonds. The van der Waals surface area contributed by atoms with Crippen LogP contribution in [-0.2, 0) is 14.9 Å². The molecule has 0 spiro atoms. The van der Waals surface area contributed by atoms with Crippen molar-refractivity contribution in [3.8, 4) is 0 Å². The van der Waals surface area contributed by atoms with E-state index in [1.807, 2.05) is 11.3 Å². The summed E-state index contributed by atoms with van der Waals surface area (Å²) in [6.45, 7) is 3.57. The molecule has 1 saturated heterocycles. The van der Waals surface area contributed by atoms with Crippen LogP contribution in [0.25, 0.3) is 0 Å². The van der Waals surface area contributed by atoms with Crippen LogP contribution in [0.1, 0.15) is 67.8 Å². The monoisotopic (exact) mass is 449 g/mol. The molecule has 0 radical (unpaired) electrons. The maximum absolute atomic E-state index is 14.0. The zero-order chi connectivity index (χ0) is 21.6. The van der Waals surface area contributed by atoms with Crippen molar-refractivity contribution >= 4 is 17.1 Å². The lowest BCUT2D eigenvalue weighted by molar-refractivity contribution is -0.147. The number of hydrogen-bond acceptors (Lipinski definition) is 4. The molecule has 2 aromatic rings. The molecule has 3 atom stereocenters. The van der Waals surface area contributed by atoms with Crippen molar-refractivity contribution in [3.63, 3.8) is 0 Å². The van der Waals surface area contributed by atoms with Crippen LogP contribution < -0.4 is 0 Å². The molecule has 32 heavy (non-hydrogen) atoms. The minimum Gasteiger partial charge on any atom is -0.379 e. The number of ether oxygens (including phenoxy) is 1. The standard InChI is InChI=1S/C28H35NO2S/c30-26(9-8-24(25-7-4-14-32-25)29-10-12-31-13-11-29)28-18-21-15-22(19-28)17-27(16-21,20-28)23-5-2-1-3-6-23/h1-7,14,21-22,24H,8-13,15-20H2. The zero-order valence-corrected chi connectivity index (χ0v) is 19.8. The van der Waals surface area contributed by atoms with Crippen molar-refractivity contribution in [1.29, 1.82) is 0 Å². The van der Waals surface area contributed by atoms with Gasteiger partial charge in [-0.15, -0.1) is 11.3 Å². The minimum atomic E-state index is -0.0645. The molecule has 1 aromatic carbocycles. The van der Waals surface area contributed by atoms with Gasteiger partial charge in [-0.05, 0) is 79.2 Å². The van der Waals surface area contributed by atoms with Gasteiger partial charge >= 0.3 is 0 Å². The predicted molar refractivity (Wildman–Crippen MR) is 129 cm³/mol. The van der Waals surface area contributed by atoms with Crippen molar-refractivity contribution < 1.29 is 9.53 Å². The Morgan fingerprint density at radius 2 is 1.78 bits per heavy atom. The molecule has 4 aliphatic carbocycles. The normalized spacial score (nSPS) is 35.1. The third-order valence-electron chi connectivity index (χ3n) is 9.04. The second kappa shape index (κ2) is 8.38. The Bertz CT molecular complexity index is 920. The Kier molecular flexibility index (Phi) is 5.52. The van der Waals surface area contributed by atoms with E-state index in [0.717, 1.165) is 70.2 Å².